The number of carboxylic acids is 1. The van der Waals surface area contributed by atoms with Gasteiger partial charge in [-0.2, -0.15) is 0 Å². The number of sulfonamides is 1. The molecule has 1 atom stereocenters. The zero-order chi connectivity index (χ0) is 17.2. The van der Waals surface area contributed by atoms with Crippen molar-refractivity contribution in [2.75, 3.05) is 6.26 Å². The lowest BCUT2D eigenvalue weighted by atomic mass is 10.1. The molecule has 124 valence electrons. The van der Waals surface area contributed by atoms with E-state index in [9.17, 15) is 18.0 Å². The van der Waals surface area contributed by atoms with Crippen LogP contribution in [0.15, 0.2) is 30.5 Å². The molecule has 2 aromatic rings. The molecule has 0 radical (unpaired) electrons. The molecule has 0 saturated carbocycles. The van der Waals surface area contributed by atoms with E-state index < -0.39 is 27.9 Å². The van der Waals surface area contributed by atoms with Crippen LogP contribution in [0.5, 0.6) is 0 Å². The number of hydrogen-bond donors (Lipinski definition) is 3. The number of amides is 1. The molecule has 0 fully saturated rings. The van der Waals surface area contributed by atoms with E-state index in [2.05, 4.69) is 0 Å². The molecule has 0 saturated heterocycles. The highest BCUT2D eigenvalue weighted by atomic mass is 32.2. The summed E-state index contributed by atoms with van der Waals surface area (Å²) in [6.07, 6.45) is 2.63. The van der Waals surface area contributed by atoms with Gasteiger partial charge in [0.25, 0.3) is 5.91 Å². The SMILES string of the molecule is CS(=O)(=O)NC(=O)Cn1cc(C[C@H](N)C(=O)O)c2ccccc21. The molecule has 0 aliphatic heterocycles. The fourth-order valence-electron chi connectivity index (χ4n) is 2.33. The van der Waals surface area contributed by atoms with Gasteiger partial charge in [0, 0.05) is 23.5 Å². The number of nitrogens with two attached hydrogens (primary N) is 1. The summed E-state index contributed by atoms with van der Waals surface area (Å²) in [4.78, 5) is 22.7. The van der Waals surface area contributed by atoms with Crippen LogP contribution >= 0.6 is 0 Å². The van der Waals surface area contributed by atoms with Crippen LogP contribution in [0.1, 0.15) is 5.56 Å². The highest BCUT2D eigenvalue weighted by molar-refractivity contribution is 7.89. The third-order valence-corrected chi connectivity index (χ3v) is 3.84. The van der Waals surface area contributed by atoms with Crippen molar-refractivity contribution in [2.45, 2.75) is 19.0 Å². The van der Waals surface area contributed by atoms with E-state index in [0.29, 0.717) is 11.1 Å². The largest absolute Gasteiger partial charge is 0.480 e. The van der Waals surface area contributed by atoms with Gasteiger partial charge >= 0.3 is 5.97 Å². The predicted molar refractivity (Wildman–Crippen MR) is 84.2 cm³/mol. The molecular weight excluding hydrogens is 322 g/mol. The van der Waals surface area contributed by atoms with Crippen molar-refractivity contribution < 1.29 is 23.1 Å². The van der Waals surface area contributed by atoms with Gasteiger partial charge in [-0.3, -0.25) is 14.3 Å². The van der Waals surface area contributed by atoms with E-state index >= 15 is 0 Å². The summed E-state index contributed by atoms with van der Waals surface area (Å²) in [6, 6.07) is 6.06. The molecular formula is C14H17N3O5S. The van der Waals surface area contributed by atoms with Crippen molar-refractivity contribution in [3.8, 4) is 0 Å². The maximum absolute atomic E-state index is 11.8. The first-order valence-corrected chi connectivity index (χ1v) is 8.62. The Balaban J connectivity index is 2.34. The Morgan fingerprint density at radius 3 is 2.61 bits per heavy atom. The van der Waals surface area contributed by atoms with Gasteiger partial charge in [-0.15, -0.1) is 0 Å². The molecule has 0 aliphatic carbocycles. The number of nitrogens with one attached hydrogen (secondary N) is 1. The number of aliphatic carboxylic acids is 1. The minimum atomic E-state index is -3.63. The summed E-state index contributed by atoms with van der Waals surface area (Å²) in [7, 11) is -3.63. The van der Waals surface area contributed by atoms with Crippen LogP contribution in [0, 0.1) is 0 Å². The average molecular weight is 339 g/mol. The lowest BCUT2D eigenvalue weighted by Gasteiger charge is -2.05. The van der Waals surface area contributed by atoms with Crippen molar-refractivity contribution >= 4 is 32.8 Å². The van der Waals surface area contributed by atoms with Gasteiger partial charge in [-0.05, 0) is 11.6 Å². The number of carbonyl (C=O) groups excluding carboxylic acids is 1. The first kappa shape index (κ1) is 17.0. The van der Waals surface area contributed by atoms with Gasteiger partial charge < -0.3 is 15.4 Å². The van der Waals surface area contributed by atoms with Crippen molar-refractivity contribution in [1.29, 1.82) is 0 Å². The number of carbonyl (C=O) groups is 2. The Labute approximate surface area is 132 Å². The molecule has 0 spiro atoms. The van der Waals surface area contributed by atoms with Crippen LogP contribution in [-0.2, 0) is 32.6 Å². The van der Waals surface area contributed by atoms with Gasteiger partial charge in [0.05, 0.1) is 6.26 Å². The minimum absolute atomic E-state index is 0.108. The summed E-state index contributed by atoms with van der Waals surface area (Å²) < 4.78 is 25.7. The third kappa shape index (κ3) is 4.30. The first-order chi connectivity index (χ1) is 10.7. The molecule has 0 aliphatic rings. The summed E-state index contributed by atoms with van der Waals surface area (Å²) in [5.74, 6) is -1.79. The first-order valence-electron chi connectivity index (χ1n) is 6.73. The van der Waals surface area contributed by atoms with Gasteiger partial charge in [-0.1, -0.05) is 18.2 Å². The van der Waals surface area contributed by atoms with Crippen LogP contribution in [0.2, 0.25) is 0 Å². The van der Waals surface area contributed by atoms with E-state index in [1.807, 2.05) is 4.72 Å². The maximum Gasteiger partial charge on any atom is 0.320 e. The lowest BCUT2D eigenvalue weighted by molar-refractivity contribution is -0.138. The highest BCUT2D eigenvalue weighted by Gasteiger charge is 2.18. The second kappa shape index (κ2) is 6.39. The third-order valence-electron chi connectivity index (χ3n) is 3.24. The molecule has 0 bridgehead atoms. The number of para-hydroxylation sites is 1. The smallest absolute Gasteiger partial charge is 0.320 e. The van der Waals surface area contributed by atoms with Crippen LogP contribution in [0.3, 0.4) is 0 Å². The second-order valence-corrected chi connectivity index (χ2v) is 6.99. The molecule has 1 amide bonds. The zero-order valence-corrected chi connectivity index (χ0v) is 13.2. The number of nitrogens with zero attached hydrogens (tertiary/aromatic N) is 1. The molecule has 8 nitrogen and oxygen atoms in total. The number of carboxylic acid groups (broad SMARTS) is 1. The Bertz CT molecular complexity index is 856. The van der Waals surface area contributed by atoms with Crippen LogP contribution in [0.25, 0.3) is 10.9 Å². The standard InChI is InChI=1S/C14H17N3O5S/c1-23(21,22)16-13(18)8-17-7-9(6-11(15)14(19)20)10-4-2-3-5-12(10)17/h2-5,7,11H,6,8,15H2,1H3,(H,16,18)(H,19,20)/t11-/m0/s1. The Hall–Kier alpha value is -2.39. The topological polar surface area (TPSA) is 131 Å². The van der Waals surface area contributed by atoms with Crippen LogP contribution in [-0.4, -0.2) is 42.3 Å². The van der Waals surface area contributed by atoms with E-state index in [0.717, 1.165) is 11.6 Å². The lowest BCUT2D eigenvalue weighted by Crippen LogP contribution is -2.32. The summed E-state index contributed by atoms with van der Waals surface area (Å²) >= 11 is 0. The zero-order valence-electron chi connectivity index (χ0n) is 12.4. The second-order valence-electron chi connectivity index (χ2n) is 5.25. The normalized spacial score (nSPS) is 13.0. The summed E-state index contributed by atoms with van der Waals surface area (Å²) in [6.45, 7) is -0.199. The van der Waals surface area contributed by atoms with E-state index in [-0.39, 0.29) is 13.0 Å². The summed E-state index contributed by atoms with van der Waals surface area (Å²) in [5, 5.41) is 9.71. The van der Waals surface area contributed by atoms with E-state index in [4.69, 9.17) is 10.8 Å². The molecule has 1 aromatic heterocycles. The Morgan fingerprint density at radius 2 is 2.00 bits per heavy atom. The molecule has 4 N–H and O–H groups in total. The quantitative estimate of drug-likeness (QED) is 0.660. The highest BCUT2D eigenvalue weighted by Crippen LogP contribution is 2.22. The Morgan fingerprint density at radius 1 is 1.35 bits per heavy atom. The molecule has 23 heavy (non-hydrogen) atoms. The van der Waals surface area contributed by atoms with E-state index in [1.54, 1.807) is 35.0 Å². The van der Waals surface area contributed by atoms with Gasteiger partial charge in [0.2, 0.25) is 10.0 Å². The molecule has 9 heteroatoms. The number of rotatable bonds is 6. The number of hydrogen-bond acceptors (Lipinski definition) is 5. The number of aromatic nitrogens is 1. The molecule has 1 heterocycles. The van der Waals surface area contributed by atoms with Gasteiger partial charge in [0.1, 0.15) is 12.6 Å². The van der Waals surface area contributed by atoms with Crippen molar-refractivity contribution in [3.05, 3.63) is 36.0 Å². The molecule has 1 aromatic carbocycles. The van der Waals surface area contributed by atoms with Crippen molar-refractivity contribution in [3.63, 3.8) is 0 Å². The predicted octanol–water partition coefficient (Wildman–Crippen LogP) is -0.328. The van der Waals surface area contributed by atoms with Crippen molar-refractivity contribution in [2.24, 2.45) is 5.73 Å². The van der Waals surface area contributed by atoms with Crippen LogP contribution < -0.4 is 10.5 Å². The van der Waals surface area contributed by atoms with Gasteiger partial charge in [-0.25, -0.2) is 8.42 Å². The fraction of sp³-hybridized carbons (Fsp3) is 0.286. The Kier molecular flexibility index (Phi) is 4.71. The van der Waals surface area contributed by atoms with Crippen molar-refractivity contribution in [1.82, 2.24) is 9.29 Å². The maximum atomic E-state index is 11.8. The number of fused-ring (bicyclic) bond motifs is 1. The summed E-state index contributed by atoms with van der Waals surface area (Å²) in [5.41, 5.74) is 6.95. The fourth-order valence-corrected chi connectivity index (χ4v) is 2.81. The molecule has 2 rings (SSSR count). The average Bonchev–Trinajstić information content (AvgIpc) is 2.75. The molecule has 0 unspecified atom stereocenters. The van der Waals surface area contributed by atoms with Gasteiger partial charge in [0.15, 0.2) is 0 Å². The number of benzene rings is 1. The van der Waals surface area contributed by atoms with Crippen LogP contribution in [0.4, 0.5) is 0 Å². The van der Waals surface area contributed by atoms with E-state index in [1.165, 1.54) is 0 Å². The minimum Gasteiger partial charge on any atom is -0.480 e. The monoisotopic (exact) mass is 339 g/mol.